The third-order valence-corrected chi connectivity index (χ3v) is 2.54. The summed E-state index contributed by atoms with van der Waals surface area (Å²) in [7, 11) is 3.75. The first-order valence-corrected chi connectivity index (χ1v) is 6.50. The van der Waals surface area contributed by atoms with E-state index in [4.69, 9.17) is 4.74 Å². The van der Waals surface area contributed by atoms with Crippen molar-refractivity contribution in [3.63, 3.8) is 0 Å². The minimum Gasteiger partial charge on any atom is -0.424 e. The van der Waals surface area contributed by atoms with Crippen LogP contribution in [-0.4, -0.2) is 35.6 Å². The Kier molecular flexibility index (Phi) is 4.34. The third kappa shape index (κ3) is 3.57. The smallest absolute Gasteiger partial charge is 0.328 e. The Labute approximate surface area is 118 Å². The first-order valence-electron chi connectivity index (χ1n) is 6.50. The van der Waals surface area contributed by atoms with Gasteiger partial charge >= 0.3 is 6.01 Å². The maximum Gasteiger partial charge on any atom is 0.328 e. The first kappa shape index (κ1) is 14.0. The van der Waals surface area contributed by atoms with Gasteiger partial charge < -0.3 is 15.0 Å². The van der Waals surface area contributed by atoms with Crippen LogP contribution in [0, 0.1) is 6.92 Å². The van der Waals surface area contributed by atoms with Crippen molar-refractivity contribution in [3.8, 4) is 11.8 Å². The van der Waals surface area contributed by atoms with Gasteiger partial charge in [0.05, 0.1) is 0 Å². The van der Waals surface area contributed by atoms with E-state index >= 15 is 0 Å². The molecular formula is C14H19N5O. The van der Waals surface area contributed by atoms with Crippen molar-refractivity contribution in [2.75, 3.05) is 30.9 Å². The number of nitrogens with zero attached hydrogens (tertiary/aromatic N) is 4. The molecule has 0 saturated carbocycles. The summed E-state index contributed by atoms with van der Waals surface area (Å²) in [5.74, 6) is 1.77. The Morgan fingerprint density at radius 1 is 1.20 bits per heavy atom. The van der Waals surface area contributed by atoms with Crippen LogP contribution in [0.4, 0.5) is 11.9 Å². The zero-order valence-electron chi connectivity index (χ0n) is 12.2. The number of hydrogen-bond acceptors (Lipinski definition) is 6. The van der Waals surface area contributed by atoms with Crippen molar-refractivity contribution in [2.45, 2.75) is 13.8 Å². The first-order chi connectivity index (χ1) is 9.58. The van der Waals surface area contributed by atoms with Crippen LogP contribution in [0.25, 0.3) is 0 Å². The molecule has 0 aliphatic heterocycles. The molecule has 6 nitrogen and oxygen atoms in total. The van der Waals surface area contributed by atoms with Crippen molar-refractivity contribution in [3.05, 3.63) is 29.8 Å². The lowest BCUT2D eigenvalue weighted by molar-refractivity contribution is 0.440. The molecule has 1 heterocycles. The fourth-order valence-corrected chi connectivity index (χ4v) is 1.61. The minimum atomic E-state index is 0.283. The van der Waals surface area contributed by atoms with E-state index in [0.29, 0.717) is 17.6 Å². The Morgan fingerprint density at radius 2 is 2.00 bits per heavy atom. The molecule has 0 radical (unpaired) electrons. The number of benzene rings is 1. The van der Waals surface area contributed by atoms with Gasteiger partial charge in [0, 0.05) is 20.6 Å². The van der Waals surface area contributed by atoms with Gasteiger partial charge in [-0.25, -0.2) is 0 Å². The van der Waals surface area contributed by atoms with E-state index in [9.17, 15) is 0 Å². The highest BCUT2D eigenvalue weighted by molar-refractivity contribution is 5.38. The molecule has 0 amide bonds. The molecule has 0 bridgehead atoms. The van der Waals surface area contributed by atoms with Gasteiger partial charge in [0.25, 0.3) is 0 Å². The van der Waals surface area contributed by atoms with Gasteiger partial charge in [-0.3, -0.25) is 0 Å². The molecule has 0 spiro atoms. The second-order valence-corrected chi connectivity index (χ2v) is 4.58. The molecule has 0 aliphatic carbocycles. The average Bonchev–Trinajstić information content (AvgIpc) is 2.38. The predicted octanol–water partition coefficient (Wildman–Crippen LogP) is 2.47. The molecule has 0 saturated heterocycles. The summed E-state index contributed by atoms with van der Waals surface area (Å²) in [6.45, 7) is 4.73. The van der Waals surface area contributed by atoms with Crippen molar-refractivity contribution in [2.24, 2.45) is 0 Å². The predicted molar refractivity (Wildman–Crippen MR) is 79.6 cm³/mol. The number of anilines is 2. The van der Waals surface area contributed by atoms with E-state index in [-0.39, 0.29) is 6.01 Å². The van der Waals surface area contributed by atoms with Gasteiger partial charge in [-0.2, -0.15) is 15.0 Å². The van der Waals surface area contributed by atoms with Crippen LogP contribution in [-0.2, 0) is 0 Å². The molecule has 0 fully saturated rings. The summed E-state index contributed by atoms with van der Waals surface area (Å²) in [6, 6.07) is 8.04. The Hall–Kier alpha value is -2.37. The Morgan fingerprint density at radius 3 is 2.65 bits per heavy atom. The molecule has 1 aromatic heterocycles. The third-order valence-electron chi connectivity index (χ3n) is 2.54. The average molecular weight is 273 g/mol. The second-order valence-electron chi connectivity index (χ2n) is 4.58. The number of ether oxygens (including phenoxy) is 1. The molecule has 106 valence electrons. The normalized spacial score (nSPS) is 10.2. The van der Waals surface area contributed by atoms with Gasteiger partial charge in [-0.05, 0) is 31.5 Å². The maximum atomic E-state index is 5.71. The van der Waals surface area contributed by atoms with Crippen LogP contribution in [0.2, 0.25) is 0 Å². The van der Waals surface area contributed by atoms with E-state index < -0.39 is 0 Å². The van der Waals surface area contributed by atoms with E-state index in [1.807, 2.05) is 57.1 Å². The SMILES string of the molecule is CCNc1nc(Oc2cccc(C)c2)nc(N(C)C)n1. The number of nitrogens with one attached hydrogen (secondary N) is 1. The topological polar surface area (TPSA) is 63.2 Å². The molecule has 1 aromatic carbocycles. The van der Waals surface area contributed by atoms with Crippen LogP contribution in [0.1, 0.15) is 12.5 Å². The van der Waals surface area contributed by atoms with E-state index in [1.165, 1.54) is 0 Å². The van der Waals surface area contributed by atoms with Crippen LogP contribution < -0.4 is 15.0 Å². The number of hydrogen-bond donors (Lipinski definition) is 1. The molecule has 2 rings (SSSR count). The van der Waals surface area contributed by atoms with Gasteiger partial charge in [-0.15, -0.1) is 0 Å². The second kappa shape index (κ2) is 6.18. The van der Waals surface area contributed by atoms with E-state index in [1.54, 1.807) is 0 Å². The molecule has 0 atom stereocenters. The highest BCUT2D eigenvalue weighted by atomic mass is 16.5. The Bertz CT molecular complexity index is 586. The van der Waals surface area contributed by atoms with E-state index in [2.05, 4.69) is 20.3 Å². The summed E-state index contributed by atoms with van der Waals surface area (Å²) < 4.78 is 5.71. The van der Waals surface area contributed by atoms with Crippen molar-refractivity contribution in [1.82, 2.24) is 15.0 Å². The number of aryl methyl sites for hydroxylation is 1. The van der Waals surface area contributed by atoms with Crippen LogP contribution >= 0.6 is 0 Å². The molecule has 0 unspecified atom stereocenters. The molecule has 6 heteroatoms. The van der Waals surface area contributed by atoms with Crippen molar-refractivity contribution < 1.29 is 4.74 Å². The number of rotatable bonds is 5. The van der Waals surface area contributed by atoms with Gasteiger partial charge in [0.1, 0.15) is 5.75 Å². The summed E-state index contributed by atoms with van der Waals surface area (Å²) in [6.07, 6.45) is 0. The largest absolute Gasteiger partial charge is 0.424 e. The van der Waals surface area contributed by atoms with Crippen LogP contribution in [0.5, 0.6) is 11.8 Å². The standard InChI is InChI=1S/C14H19N5O/c1-5-15-12-16-13(19(3)4)18-14(17-12)20-11-8-6-7-10(2)9-11/h6-9H,5H2,1-4H3,(H,15,16,17,18). The van der Waals surface area contributed by atoms with Crippen LogP contribution in [0.15, 0.2) is 24.3 Å². The summed E-state index contributed by atoms with van der Waals surface area (Å²) in [5, 5.41) is 3.07. The molecule has 2 aromatic rings. The molecular weight excluding hydrogens is 254 g/mol. The van der Waals surface area contributed by atoms with Gasteiger partial charge in [-0.1, -0.05) is 12.1 Å². The monoisotopic (exact) mass is 273 g/mol. The fourth-order valence-electron chi connectivity index (χ4n) is 1.61. The summed E-state index contributed by atoms with van der Waals surface area (Å²) >= 11 is 0. The number of aromatic nitrogens is 3. The molecule has 20 heavy (non-hydrogen) atoms. The summed E-state index contributed by atoms with van der Waals surface area (Å²) in [5.41, 5.74) is 1.12. The lowest BCUT2D eigenvalue weighted by Crippen LogP contribution is -2.15. The van der Waals surface area contributed by atoms with E-state index in [0.717, 1.165) is 12.1 Å². The zero-order valence-corrected chi connectivity index (χ0v) is 12.2. The minimum absolute atomic E-state index is 0.283. The van der Waals surface area contributed by atoms with Gasteiger partial charge in [0.15, 0.2) is 0 Å². The van der Waals surface area contributed by atoms with Crippen molar-refractivity contribution in [1.29, 1.82) is 0 Å². The quantitative estimate of drug-likeness (QED) is 0.903. The highest BCUT2D eigenvalue weighted by Gasteiger charge is 2.09. The van der Waals surface area contributed by atoms with Gasteiger partial charge in [0.2, 0.25) is 11.9 Å². The lowest BCUT2D eigenvalue weighted by Gasteiger charge is -2.13. The lowest BCUT2D eigenvalue weighted by atomic mass is 10.2. The van der Waals surface area contributed by atoms with Crippen molar-refractivity contribution >= 4 is 11.9 Å². The Balaban J connectivity index is 2.30. The fraction of sp³-hybridized carbons (Fsp3) is 0.357. The highest BCUT2D eigenvalue weighted by Crippen LogP contribution is 2.21. The van der Waals surface area contributed by atoms with Crippen LogP contribution in [0.3, 0.4) is 0 Å². The summed E-state index contributed by atoms with van der Waals surface area (Å²) in [4.78, 5) is 14.6. The molecule has 1 N–H and O–H groups in total. The molecule has 0 aliphatic rings. The maximum absolute atomic E-state index is 5.71. The zero-order chi connectivity index (χ0) is 14.5.